The third kappa shape index (κ3) is 3.97. The van der Waals surface area contributed by atoms with E-state index in [2.05, 4.69) is 15.5 Å². The molecule has 0 spiro atoms. The van der Waals surface area contributed by atoms with Crippen molar-refractivity contribution in [3.8, 4) is 5.75 Å². The predicted octanol–water partition coefficient (Wildman–Crippen LogP) is 3.28. The molecule has 7 nitrogen and oxygen atoms in total. The number of aromatic nitrogens is 4. The van der Waals surface area contributed by atoms with E-state index in [4.69, 9.17) is 4.74 Å². The second kappa shape index (κ2) is 7.56. The molecule has 0 saturated heterocycles. The number of halogens is 2. The molecule has 0 saturated carbocycles. The third-order valence-corrected chi connectivity index (χ3v) is 4.08. The number of anilines is 1. The van der Waals surface area contributed by atoms with Gasteiger partial charge in [-0.2, -0.15) is 10.2 Å². The van der Waals surface area contributed by atoms with Crippen LogP contribution in [0.3, 0.4) is 0 Å². The topological polar surface area (TPSA) is 74.0 Å². The van der Waals surface area contributed by atoms with E-state index in [0.717, 1.165) is 12.1 Å². The smallest absolute Gasteiger partial charge is 0.258 e. The SMILES string of the molecule is CCn1cc(C(=O)Nc2c(C)nn(COc3ccc(F)cc3F)c2C)cn1. The maximum Gasteiger partial charge on any atom is 0.258 e. The van der Waals surface area contributed by atoms with Crippen LogP contribution < -0.4 is 10.1 Å². The van der Waals surface area contributed by atoms with Gasteiger partial charge in [-0.25, -0.2) is 13.5 Å². The minimum atomic E-state index is -0.794. The fraction of sp³-hybridized carbons (Fsp3) is 0.278. The molecule has 9 heteroatoms. The number of aryl methyl sites for hydroxylation is 2. The summed E-state index contributed by atoms with van der Waals surface area (Å²) in [5, 5.41) is 11.2. The van der Waals surface area contributed by atoms with Crippen LogP contribution in [0.15, 0.2) is 30.6 Å². The Kier molecular flexibility index (Phi) is 5.20. The Hall–Kier alpha value is -3.23. The maximum atomic E-state index is 13.7. The first-order valence-electron chi connectivity index (χ1n) is 8.34. The van der Waals surface area contributed by atoms with Gasteiger partial charge in [0, 0.05) is 18.8 Å². The van der Waals surface area contributed by atoms with Gasteiger partial charge in [0.2, 0.25) is 0 Å². The molecule has 27 heavy (non-hydrogen) atoms. The number of benzene rings is 1. The van der Waals surface area contributed by atoms with Crippen molar-refractivity contribution in [1.29, 1.82) is 0 Å². The highest BCUT2D eigenvalue weighted by atomic mass is 19.1. The van der Waals surface area contributed by atoms with Crippen molar-refractivity contribution in [3.05, 3.63) is 59.2 Å². The van der Waals surface area contributed by atoms with Crippen molar-refractivity contribution >= 4 is 11.6 Å². The lowest BCUT2D eigenvalue weighted by Gasteiger charge is -2.09. The average Bonchev–Trinajstić information content (AvgIpc) is 3.21. The summed E-state index contributed by atoms with van der Waals surface area (Å²) in [6, 6.07) is 3.07. The number of carbonyl (C=O) groups is 1. The molecule has 1 N–H and O–H groups in total. The third-order valence-electron chi connectivity index (χ3n) is 4.08. The summed E-state index contributed by atoms with van der Waals surface area (Å²) in [5.74, 6) is -1.85. The van der Waals surface area contributed by atoms with Crippen molar-refractivity contribution in [1.82, 2.24) is 19.6 Å². The molecule has 2 heterocycles. The molecule has 142 valence electrons. The van der Waals surface area contributed by atoms with Crippen LogP contribution in [0.1, 0.15) is 28.7 Å². The van der Waals surface area contributed by atoms with E-state index >= 15 is 0 Å². The zero-order valence-corrected chi connectivity index (χ0v) is 15.2. The summed E-state index contributed by atoms with van der Waals surface area (Å²) in [7, 11) is 0. The first kappa shape index (κ1) is 18.6. The van der Waals surface area contributed by atoms with Crippen LogP contribution in [0.4, 0.5) is 14.5 Å². The number of amides is 1. The van der Waals surface area contributed by atoms with Crippen LogP contribution >= 0.6 is 0 Å². The molecule has 0 atom stereocenters. The molecule has 0 aliphatic carbocycles. The van der Waals surface area contributed by atoms with Gasteiger partial charge in [-0.1, -0.05) is 0 Å². The number of carbonyl (C=O) groups excluding carboxylic acids is 1. The minimum absolute atomic E-state index is 0.0819. The molecule has 0 bridgehead atoms. The van der Waals surface area contributed by atoms with Crippen LogP contribution in [-0.4, -0.2) is 25.5 Å². The molecule has 2 aromatic heterocycles. The number of ether oxygens (including phenoxy) is 1. The largest absolute Gasteiger partial charge is 0.468 e. The second-order valence-corrected chi connectivity index (χ2v) is 5.93. The maximum absolute atomic E-state index is 13.7. The number of rotatable bonds is 6. The van der Waals surface area contributed by atoms with Crippen molar-refractivity contribution in [2.24, 2.45) is 0 Å². The van der Waals surface area contributed by atoms with Crippen molar-refractivity contribution < 1.29 is 18.3 Å². The monoisotopic (exact) mass is 375 g/mol. The molecule has 3 rings (SSSR count). The highest BCUT2D eigenvalue weighted by Gasteiger charge is 2.17. The molecule has 0 radical (unpaired) electrons. The van der Waals surface area contributed by atoms with Crippen molar-refractivity contribution in [2.75, 3.05) is 5.32 Å². The fourth-order valence-corrected chi connectivity index (χ4v) is 2.57. The molecule has 0 aliphatic rings. The lowest BCUT2D eigenvalue weighted by molar-refractivity contribution is 0.102. The summed E-state index contributed by atoms with van der Waals surface area (Å²) < 4.78 is 35.1. The highest BCUT2D eigenvalue weighted by molar-refractivity contribution is 6.04. The van der Waals surface area contributed by atoms with Gasteiger partial charge in [-0.3, -0.25) is 9.48 Å². The van der Waals surface area contributed by atoms with Gasteiger partial charge in [0.1, 0.15) is 5.82 Å². The van der Waals surface area contributed by atoms with Gasteiger partial charge < -0.3 is 10.1 Å². The highest BCUT2D eigenvalue weighted by Crippen LogP contribution is 2.22. The zero-order valence-electron chi connectivity index (χ0n) is 15.2. The van der Waals surface area contributed by atoms with E-state index in [0.29, 0.717) is 29.2 Å². The summed E-state index contributed by atoms with van der Waals surface area (Å²) in [6.45, 7) is 6.01. The van der Waals surface area contributed by atoms with Crippen LogP contribution in [0.25, 0.3) is 0 Å². The van der Waals surface area contributed by atoms with E-state index in [-0.39, 0.29) is 18.4 Å². The molecule has 0 aliphatic heterocycles. The van der Waals surface area contributed by atoms with Gasteiger partial charge in [0.25, 0.3) is 5.91 Å². The molecule has 0 fully saturated rings. The molecule has 1 aromatic carbocycles. The number of hydrogen-bond donors (Lipinski definition) is 1. The normalized spacial score (nSPS) is 10.9. The Morgan fingerprint density at radius 3 is 2.74 bits per heavy atom. The van der Waals surface area contributed by atoms with Gasteiger partial charge in [0.05, 0.1) is 28.8 Å². The first-order chi connectivity index (χ1) is 12.9. The lowest BCUT2D eigenvalue weighted by atomic mass is 10.2. The predicted molar refractivity (Wildman–Crippen MR) is 94.5 cm³/mol. The minimum Gasteiger partial charge on any atom is -0.468 e. The zero-order chi connectivity index (χ0) is 19.6. The number of nitrogens with one attached hydrogen (secondary N) is 1. The van der Waals surface area contributed by atoms with Crippen molar-refractivity contribution in [2.45, 2.75) is 34.0 Å². The van der Waals surface area contributed by atoms with Crippen molar-refractivity contribution in [3.63, 3.8) is 0 Å². The van der Waals surface area contributed by atoms with E-state index in [1.807, 2.05) is 6.92 Å². The fourth-order valence-electron chi connectivity index (χ4n) is 2.57. The Balaban J connectivity index is 1.73. The summed E-state index contributed by atoms with van der Waals surface area (Å²) in [5.41, 5.74) is 2.22. The van der Waals surface area contributed by atoms with E-state index in [9.17, 15) is 13.6 Å². The number of nitrogens with zero attached hydrogens (tertiary/aromatic N) is 4. The Morgan fingerprint density at radius 2 is 2.07 bits per heavy atom. The van der Waals surface area contributed by atoms with E-state index < -0.39 is 11.6 Å². The first-order valence-corrected chi connectivity index (χ1v) is 8.34. The van der Waals surface area contributed by atoms with Gasteiger partial charge in [-0.15, -0.1) is 0 Å². The number of hydrogen-bond acceptors (Lipinski definition) is 4. The average molecular weight is 375 g/mol. The molecular formula is C18H19F2N5O2. The standard InChI is InChI=1S/C18H19F2N5O2/c1-4-24-9-13(8-21-24)18(26)22-17-11(2)23-25(12(17)3)10-27-16-6-5-14(19)7-15(16)20/h5-9H,4,10H2,1-3H3,(H,22,26). The van der Waals surface area contributed by atoms with Crippen LogP contribution in [-0.2, 0) is 13.3 Å². The summed E-state index contributed by atoms with van der Waals surface area (Å²) >= 11 is 0. The summed E-state index contributed by atoms with van der Waals surface area (Å²) in [4.78, 5) is 12.4. The molecule has 1 amide bonds. The van der Waals surface area contributed by atoms with Crippen LogP contribution in [0.5, 0.6) is 5.75 Å². The van der Waals surface area contributed by atoms with E-state index in [1.54, 1.807) is 24.7 Å². The van der Waals surface area contributed by atoms with Crippen LogP contribution in [0.2, 0.25) is 0 Å². The van der Waals surface area contributed by atoms with Gasteiger partial charge >= 0.3 is 0 Å². The summed E-state index contributed by atoms with van der Waals surface area (Å²) in [6.07, 6.45) is 3.15. The van der Waals surface area contributed by atoms with Crippen LogP contribution in [0, 0.1) is 25.5 Å². The van der Waals surface area contributed by atoms with Gasteiger partial charge in [-0.05, 0) is 32.9 Å². The lowest BCUT2D eigenvalue weighted by Crippen LogP contribution is -2.13. The molecular weight excluding hydrogens is 356 g/mol. The molecule has 3 aromatic rings. The Labute approximate surface area is 154 Å². The quantitative estimate of drug-likeness (QED) is 0.718. The van der Waals surface area contributed by atoms with E-state index in [1.165, 1.54) is 16.9 Å². The van der Waals surface area contributed by atoms with Gasteiger partial charge in [0.15, 0.2) is 18.3 Å². The molecule has 0 unspecified atom stereocenters. The Morgan fingerprint density at radius 1 is 1.30 bits per heavy atom. The Bertz CT molecular complexity index is 980. The second-order valence-electron chi connectivity index (χ2n) is 5.93.